The first-order valence-corrected chi connectivity index (χ1v) is 9.39. The lowest BCUT2D eigenvalue weighted by Crippen LogP contribution is -2.19. The Kier molecular flexibility index (Phi) is 4.43. The molecule has 1 heterocycles. The van der Waals surface area contributed by atoms with Crippen molar-refractivity contribution in [3.8, 4) is 5.75 Å². The summed E-state index contributed by atoms with van der Waals surface area (Å²) in [7, 11) is -2.15. The number of methoxy groups -OCH3 is 1. The van der Waals surface area contributed by atoms with E-state index in [-0.39, 0.29) is 10.8 Å². The summed E-state index contributed by atoms with van der Waals surface area (Å²) in [5.74, 6) is 0.661. The number of fused-ring (bicyclic) bond motifs is 1. The minimum atomic E-state index is -3.71. The Morgan fingerprint density at radius 2 is 1.76 bits per heavy atom. The molecule has 1 aliphatic heterocycles. The second kappa shape index (κ2) is 6.40. The Labute approximate surface area is 147 Å². The van der Waals surface area contributed by atoms with E-state index in [2.05, 4.69) is 10.0 Å². The summed E-state index contributed by atoms with van der Waals surface area (Å²) in [5.41, 5.74) is 3.64. The minimum Gasteiger partial charge on any atom is -0.496 e. The van der Waals surface area contributed by atoms with E-state index in [1.807, 2.05) is 13.8 Å². The van der Waals surface area contributed by atoms with Crippen LogP contribution in [0.3, 0.4) is 0 Å². The van der Waals surface area contributed by atoms with E-state index >= 15 is 0 Å². The van der Waals surface area contributed by atoms with Gasteiger partial charge in [0.1, 0.15) is 5.75 Å². The number of hydrogen-bond acceptors (Lipinski definition) is 4. The lowest BCUT2D eigenvalue weighted by Gasteiger charge is -2.18. The zero-order valence-corrected chi connectivity index (χ0v) is 15.2. The predicted molar refractivity (Wildman–Crippen MR) is 96.7 cm³/mol. The third-order valence-corrected chi connectivity index (χ3v) is 5.56. The number of carbonyl (C=O) groups is 1. The molecule has 0 aromatic heterocycles. The molecular formula is C18H20N2O4S. The van der Waals surface area contributed by atoms with E-state index < -0.39 is 10.0 Å². The molecule has 25 heavy (non-hydrogen) atoms. The third-order valence-electron chi connectivity index (χ3n) is 4.20. The molecule has 2 N–H and O–H groups in total. The van der Waals surface area contributed by atoms with Crippen molar-refractivity contribution in [2.24, 2.45) is 0 Å². The Balaban J connectivity index is 1.91. The molecular weight excluding hydrogens is 340 g/mol. The van der Waals surface area contributed by atoms with Crippen molar-refractivity contribution in [1.82, 2.24) is 0 Å². The average molecular weight is 360 g/mol. The van der Waals surface area contributed by atoms with Crippen LogP contribution >= 0.6 is 0 Å². The standard InChI is InChI=1S/C18H20N2O4S/c1-11-8-15(9-12(2)18(11)24-3)25(22,23)20-14-5-6-16-13(10-14)4-7-17(21)19-16/h5-6,8-10,20H,4,7H2,1-3H3,(H,19,21). The van der Waals surface area contributed by atoms with Crippen molar-refractivity contribution in [2.75, 3.05) is 17.1 Å². The lowest BCUT2D eigenvalue weighted by molar-refractivity contribution is -0.116. The fraction of sp³-hybridized carbons (Fsp3) is 0.278. The molecule has 0 saturated carbocycles. The summed E-state index contributed by atoms with van der Waals surface area (Å²) in [6.45, 7) is 3.62. The molecule has 0 bridgehead atoms. The summed E-state index contributed by atoms with van der Waals surface area (Å²) >= 11 is 0. The molecule has 0 aliphatic carbocycles. The Morgan fingerprint density at radius 3 is 2.40 bits per heavy atom. The van der Waals surface area contributed by atoms with Gasteiger partial charge in [-0.3, -0.25) is 9.52 Å². The van der Waals surface area contributed by atoms with E-state index in [0.717, 1.165) is 22.4 Å². The largest absolute Gasteiger partial charge is 0.496 e. The van der Waals surface area contributed by atoms with Crippen LogP contribution < -0.4 is 14.8 Å². The van der Waals surface area contributed by atoms with Crippen molar-refractivity contribution < 1.29 is 17.9 Å². The van der Waals surface area contributed by atoms with Crippen LogP contribution in [0, 0.1) is 13.8 Å². The van der Waals surface area contributed by atoms with Crippen LogP contribution in [0.2, 0.25) is 0 Å². The molecule has 3 rings (SSSR count). The van der Waals surface area contributed by atoms with E-state index in [4.69, 9.17) is 4.74 Å². The van der Waals surface area contributed by atoms with Gasteiger partial charge in [0.25, 0.3) is 10.0 Å². The Morgan fingerprint density at radius 1 is 1.08 bits per heavy atom. The minimum absolute atomic E-state index is 0.0231. The molecule has 0 fully saturated rings. The second-order valence-corrected chi connectivity index (χ2v) is 7.80. The molecule has 0 atom stereocenters. The fourth-order valence-corrected chi connectivity index (χ4v) is 4.27. The predicted octanol–water partition coefficient (Wildman–Crippen LogP) is 3.00. The van der Waals surface area contributed by atoms with E-state index in [1.54, 1.807) is 37.4 Å². The summed E-state index contributed by atoms with van der Waals surface area (Å²) in [6, 6.07) is 8.30. The van der Waals surface area contributed by atoms with Gasteiger partial charge >= 0.3 is 0 Å². The topological polar surface area (TPSA) is 84.5 Å². The number of anilines is 2. The van der Waals surface area contributed by atoms with Gasteiger partial charge in [-0.05, 0) is 67.3 Å². The number of hydrogen-bond donors (Lipinski definition) is 2. The summed E-state index contributed by atoms with van der Waals surface area (Å²) in [4.78, 5) is 11.6. The highest BCUT2D eigenvalue weighted by Crippen LogP contribution is 2.29. The summed E-state index contributed by atoms with van der Waals surface area (Å²) in [5, 5.41) is 2.78. The molecule has 1 amide bonds. The molecule has 6 nitrogen and oxygen atoms in total. The summed E-state index contributed by atoms with van der Waals surface area (Å²) < 4.78 is 33.3. The quantitative estimate of drug-likeness (QED) is 0.878. The number of nitrogens with one attached hydrogen (secondary N) is 2. The molecule has 0 saturated heterocycles. The monoisotopic (exact) mass is 360 g/mol. The highest BCUT2D eigenvalue weighted by atomic mass is 32.2. The second-order valence-electron chi connectivity index (χ2n) is 6.12. The van der Waals surface area contributed by atoms with Crippen molar-refractivity contribution in [3.63, 3.8) is 0 Å². The van der Waals surface area contributed by atoms with Gasteiger partial charge in [-0.15, -0.1) is 0 Å². The molecule has 2 aromatic rings. The van der Waals surface area contributed by atoms with Gasteiger partial charge in [0.05, 0.1) is 12.0 Å². The lowest BCUT2D eigenvalue weighted by atomic mass is 10.0. The van der Waals surface area contributed by atoms with Gasteiger partial charge in [-0.1, -0.05) is 0 Å². The van der Waals surface area contributed by atoms with Gasteiger partial charge in [-0.25, -0.2) is 8.42 Å². The molecule has 132 valence electrons. The third kappa shape index (κ3) is 3.46. The van der Waals surface area contributed by atoms with Crippen LogP contribution in [-0.2, 0) is 21.2 Å². The Bertz CT molecular complexity index is 929. The zero-order valence-electron chi connectivity index (χ0n) is 14.3. The van der Waals surface area contributed by atoms with Gasteiger partial charge in [0, 0.05) is 17.8 Å². The number of amides is 1. The molecule has 2 aromatic carbocycles. The van der Waals surface area contributed by atoms with Crippen LogP contribution in [0.4, 0.5) is 11.4 Å². The molecule has 7 heteroatoms. The number of sulfonamides is 1. The van der Waals surface area contributed by atoms with Gasteiger partial charge in [0.15, 0.2) is 0 Å². The SMILES string of the molecule is COc1c(C)cc(S(=O)(=O)Nc2ccc3c(c2)CCC(=O)N3)cc1C. The zero-order chi connectivity index (χ0) is 18.2. The van der Waals surface area contributed by atoms with Gasteiger partial charge < -0.3 is 10.1 Å². The van der Waals surface area contributed by atoms with Crippen molar-refractivity contribution in [3.05, 3.63) is 47.0 Å². The van der Waals surface area contributed by atoms with Crippen LogP contribution in [0.25, 0.3) is 0 Å². The highest BCUT2D eigenvalue weighted by Gasteiger charge is 2.19. The number of ether oxygens (including phenoxy) is 1. The maximum absolute atomic E-state index is 12.7. The molecule has 0 unspecified atom stereocenters. The van der Waals surface area contributed by atoms with Crippen LogP contribution in [0.15, 0.2) is 35.2 Å². The van der Waals surface area contributed by atoms with Crippen molar-refractivity contribution in [2.45, 2.75) is 31.6 Å². The van der Waals surface area contributed by atoms with Crippen molar-refractivity contribution >= 4 is 27.3 Å². The van der Waals surface area contributed by atoms with Crippen LogP contribution in [-0.4, -0.2) is 21.4 Å². The summed E-state index contributed by atoms with van der Waals surface area (Å²) in [6.07, 6.45) is 0.998. The van der Waals surface area contributed by atoms with E-state index in [0.29, 0.717) is 24.3 Å². The van der Waals surface area contributed by atoms with Crippen LogP contribution in [0.1, 0.15) is 23.1 Å². The van der Waals surface area contributed by atoms with Crippen LogP contribution in [0.5, 0.6) is 5.75 Å². The van der Waals surface area contributed by atoms with Gasteiger partial charge in [-0.2, -0.15) is 0 Å². The first kappa shape index (κ1) is 17.3. The molecule has 1 aliphatic rings. The van der Waals surface area contributed by atoms with E-state index in [9.17, 15) is 13.2 Å². The fourth-order valence-electron chi connectivity index (χ4n) is 3.05. The highest BCUT2D eigenvalue weighted by molar-refractivity contribution is 7.92. The number of aryl methyl sites for hydroxylation is 3. The maximum Gasteiger partial charge on any atom is 0.261 e. The first-order chi connectivity index (χ1) is 11.8. The number of benzene rings is 2. The normalized spacial score (nSPS) is 13.8. The Hall–Kier alpha value is -2.54. The van der Waals surface area contributed by atoms with Gasteiger partial charge in [0.2, 0.25) is 5.91 Å². The van der Waals surface area contributed by atoms with E-state index in [1.165, 1.54) is 0 Å². The smallest absolute Gasteiger partial charge is 0.261 e. The molecule has 0 spiro atoms. The number of rotatable bonds is 4. The van der Waals surface area contributed by atoms with Crippen molar-refractivity contribution in [1.29, 1.82) is 0 Å². The first-order valence-electron chi connectivity index (χ1n) is 7.91. The number of carbonyl (C=O) groups excluding carboxylic acids is 1. The maximum atomic E-state index is 12.7. The average Bonchev–Trinajstić information content (AvgIpc) is 2.54. The molecule has 0 radical (unpaired) electrons.